The molecular weight excluding hydrogens is 232 g/mol. The molecule has 0 aromatic heterocycles. The summed E-state index contributed by atoms with van der Waals surface area (Å²) >= 11 is 0. The molecule has 1 rings (SSSR count). The van der Waals surface area contributed by atoms with E-state index in [-0.39, 0.29) is 23.1 Å². The van der Waals surface area contributed by atoms with E-state index < -0.39 is 12.0 Å². The average molecular weight is 250 g/mol. The number of anilines is 1. The third kappa shape index (κ3) is 3.07. The average Bonchev–Trinajstić information content (AvgIpc) is 2.27. The number of nitrogens with one attached hydrogen (secondary N) is 1. The Morgan fingerprint density at radius 1 is 1.33 bits per heavy atom. The zero-order valence-electron chi connectivity index (χ0n) is 10.7. The lowest BCUT2D eigenvalue weighted by Crippen LogP contribution is -2.40. The molecule has 0 bridgehead atoms. The van der Waals surface area contributed by atoms with Crippen molar-refractivity contribution in [2.24, 2.45) is 11.7 Å². The first-order chi connectivity index (χ1) is 8.34. The fourth-order valence-corrected chi connectivity index (χ4v) is 1.57. The number of hydrogen-bond acceptors (Lipinski definition) is 3. The van der Waals surface area contributed by atoms with Gasteiger partial charge in [-0.1, -0.05) is 26.0 Å². The van der Waals surface area contributed by atoms with Crippen LogP contribution in [-0.2, 0) is 4.79 Å². The number of carbonyl (C=O) groups is 2. The fourth-order valence-electron chi connectivity index (χ4n) is 1.57. The normalized spacial score (nSPS) is 12.3. The van der Waals surface area contributed by atoms with Gasteiger partial charge in [-0.15, -0.1) is 0 Å². The van der Waals surface area contributed by atoms with Crippen LogP contribution >= 0.6 is 0 Å². The van der Waals surface area contributed by atoms with Gasteiger partial charge >= 0.3 is 5.97 Å². The molecule has 18 heavy (non-hydrogen) atoms. The van der Waals surface area contributed by atoms with Crippen LogP contribution in [0, 0.1) is 12.8 Å². The SMILES string of the molecule is Cc1cccc(NC(=O)[C@@H](N)C(C)C)c1C(=O)O. The molecule has 0 unspecified atom stereocenters. The summed E-state index contributed by atoms with van der Waals surface area (Å²) in [4.78, 5) is 23.0. The third-order valence-electron chi connectivity index (χ3n) is 2.77. The van der Waals surface area contributed by atoms with Crippen LogP contribution < -0.4 is 11.1 Å². The van der Waals surface area contributed by atoms with Crippen LogP contribution in [0.3, 0.4) is 0 Å². The van der Waals surface area contributed by atoms with E-state index >= 15 is 0 Å². The first-order valence-electron chi connectivity index (χ1n) is 5.74. The van der Waals surface area contributed by atoms with E-state index in [0.29, 0.717) is 5.56 Å². The summed E-state index contributed by atoms with van der Waals surface area (Å²) in [5, 5.41) is 11.7. The van der Waals surface area contributed by atoms with Gasteiger partial charge in [0.15, 0.2) is 0 Å². The highest BCUT2D eigenvalue weighted by atomic mass is 16.4. The summed E-state index contributed by atoms with van der Waals surface area (Å²) in [5.41, 5.74) is 6.69. The van der Waals surface area contributed by atoms with Crippen LogP contribution in [-0.4, -0.2) is 23.0 Å². The lowest BCUT2D eigenvalue weighted by molar-refractivity contribution is -0.118. The van der Waals surface area contributed by atoms with Crippen LogP contribution in [0.5, 0.6) is 0 Å². The molecule has 1 amide bonds. The van der Waals surface area contributed by atoms with Crippen molar-refractivity contribution in [1.29, 1.82) is 0 Å². The first kappa shape index (κ1) is 14.2. The van der Waals surface area contributed by atoms with Crippen LogP contribution in [0.2, 0.25) is 0 Å². The monoisotopic (exact) mass is 250 g/mol. The second-order valence-corrected chi connectivity index (χ2v) is 4.56. The Bertz CT molecular complexity index is 469. The van der Waals surface area contributed by atoms with Gasteiger partial charge in [0.05, 0.1) is 17.3 Å². The largest absolute Gasteiger partial charge is 0.478 e. The molecule has 0 aliphatic carbocycles. The highest BCUT2D eigenvalue weighted by Gasteiger charge is 2.20. The maximum Gasteiger partial charge on any atom is 0.338 e. The number of aryl methyl sites for hydroxylation is 1. The van der Waals surface area contributed by atoms with E-state index in [0.717, 1.165) is 0 Å². The maximum atomic E-state index is 11.8. The number of carbonyl (C=O) groups excluding carboxylic acids is 1. The standard InChI is InChI=1S/C13H18N2O3/c1-7(2)11(14)12(16)15-9-6-4-5-8(3)10(9)13(17)18/h4-7,11H,14H2,1-3H3,(H,15,16)(H,17,18)/t11-/m0/s1. The van der Waals surface area contributed by atoms with Crippen LogP contribution in [0.1, 0.15) is 29.8 Å². The van der Waals surface area contributed by atoms with E-state index in [9.17, 15) is 9.59 Å². The number of carboxylic acids is 1. The maximum absolute atomic E-state index is 11.8. The van der Waals surface area contributed by atoms with Crippen molar-refractivity contribution in [2.75, 3.05) is 5.32 Å². The van der Waals surface area contributed by atoms with Gasteiger partial charge in [-0.3, -0.25) is 4.79 Å². The van der Waals surface area contributed by atoms with Gasteiger partial charge in [0, 0.05) is 0 Å². The molecule has 5 nitrogen and oxygen atoms in total. The number of amides is 1. The number of hydrogen-bond donors (Lipinski definition) is 3. The molecule has 0 fully saturated rings. The smallest absolute Gasteiger partial charge is 0.338 e. The summed E-state index contributed by atoms with van der Waals surface area (Å²) in [6.07, 6.45) is 0. The van der Waals surface area contributed by atoms with Crippen LogP contribution in [0.4, 0.5) is 5.69 Å². The molecule has 98 valence electrons. The number of rotatable bonds is 4. The minimum atomic E-state index is -1.07. The minimum Gasteiger partial charge on any atom is -0.478 e. The van der Waals surface area contributed by atoms with Crippen molar-refractivity contribution >= 4 is 17.6 Å². The van der Waals surface area contributed by atoms with Crippen molar-refractivity contribution in [3.05, 3.63) is 29.3 Å². The quantitative estimate of drug-likeness (QED) is 0.757. The molecule has 4 N–H and O–H groups in total. The Balaban J connectivity index is 3.02. The van der Waals surface area contributed by atoms with Gasteiger partial charge in [0.1, 0.15) is 0 Å². The Morgan fingerprint density at radius 2 is 1.94 bits per heavy atom. The molecule has 0 aliphatic rings. The van der Waals surface area contributed by atoms with Gasteiger partial charge in [-0.2, -0.15) is 0 Å². The summed E-state index contributed by atoms with van der Waals surface area (Å²) in [6.45, 7) is 5.35. The van der Waals surface area contributed by atoms with Gasteiger partial charge in [-0.05, 0) is 24.5 Å². The van der Waals surface area contributed by atoms with Crippen molar-refractivity contribution in [3.63, 3.8) is 0 Å². The van der Waals surface area contributed by atoms with Gasteiger partial charge in [0.25, 0.3) is 0 Å². The second-order valence-electron chi connectivity index (χ2n) is 4.56. The van der Waals surface area contributed by atoms with E-state index in [2.05, 4.69) is 5.32 Å². The predicted molar refractivity (Wildman–Crippen MR) is 69.6 cm³/mol. The van der Waals surface area contributed by atoms with E-state index in [4.69, 9.17) is 10.8 Å². The van der Waals surface area contributed by atoms with E-state index in [1.165, 1.54) is 0 Å². The fraction of sp³-hybridized carbons (Fsp3) is 0.385. The molecular formula is C13H18N2O3. The number of nitrogens with two attached hydrogens (primary N) is 1. The van der Waals surface area contributed by atoms with Gasteiger partial charge in [-0.25, -0.2) is 4.79 Å². The molecule has 1 aromatic carbocycles. The van der Waals surface area contributed by atoms with Crippen molar-refractivity contribution in [1.82, 2.24) is 0 Å². The Hall–Kier alpha value is -1.88. The molecule has 0 saturated heterocycles. The molecule has 0 aliphatic heterocycles. The zero-order valence-corrected chi connectivity index (χ0v) is 10.7. The van der Waals surface area contributed by atoms with Gasteiger partial charge < -0.3 is 16.2 Å². The minimum absolute atomic E-state index is 0.0110. The highest BCUT2D eigenvalue weighted by Crippen LogP contribution is 2.20. The summed E-state index contributed by atoms with van der Waals surface area (Å²) in [7, 11) is 0. The summed E-state index contributed by atoms with van der Waals surface area (Å²) < 4.78 is 0. The molecule has 5 heteroatoms. The van der Waals surface area contributed by atoms with Crippen molar-refractivity contribution in [3.8, 4) is 0 Å². The van der Waals surface area contributed by atoms with Crippen LogP contribution in [0.15, 0.2) is 18.2 Å². The van der Waals surface area contributed by atoms with E-state index in [1.807, 2.05) is 13.8 Å². The molecule has 0 saturated carbocycles. The second kappa shape index (κ2) is 5.64. The Labute approximate surface area is 106 Å². The highest BCUT2D eigenvalue weighted by molar-refractivity contribution is 6.03. The lowest BCUT2D eigenvalue weighted by atomic mass is 10.0. The van der Waals surface area contributed by atoms with Crippen molar-refractivity contribution in [2.45, 2.75) is 26.8 Å². The molecule has 0 spiro atoms. The Morgan fingerprint density at radius 3 is 2.44 bits per heavy atom. The lowest BCUT2D eigenvalue weighted by Gasteiger charge is -2.17. The van der Waals surface area contributed by atoms with E-state index in [1.54, 1.807) is 25.1 Å². The van der Waals surface area contributed by atoms with Crippen LogP contribution in [0.25, 0.3) is 0 Å². The number of benzene rings is 1. The third-order valence-corrected chi connectivity index (χ3v) is 2.77. The molecule has 0 heterocycles. The van der Waals surface area contributed by atoms with Crippen molar-refractivity contribution < 1.29 is 14.7 Å². The topological polar surface area (TPSA) is 92.4 Å². The number of carboxylic acid groups (broad SMARTS) is 1. The summed E-state index contributed by atoms with van der Waals surface area (Å²) in [6, 6.07) is 4.27. The summed E-state index contributed by atoms with van der Waals surface area (Å²) in [5.74, 6) is -1.46. The first-order valence-corrected chi connectivity index (χ1v) is 5.74. The van der Waals surface area contributed by atoms with Gasteiger partial charge in [0.2, 0.25) is 5.91 Å². The molecule has 0 radical (unpaired) electrons. The zero-order chi connectivity index (χ0) is 13.9. The molecule has 1 atom stereocenters. The number of aromatic carboxylic acids is 1. The predicted octanol–water partition coefficient (Wildman–Crippen LogP) is 1.62. The molecule has 1 aromatic rings. The Kier molecular flexibility index (Phi) is 4.44.